The zero-order chi connectivity index (χ0) is 12.6. The van der Waals surface area contributed by atoms with Crippen LogP contribution in [0.5, 0.6) is 0 Å². The molecule has 0 atom stereocenters. The van der Waals surface area contributed by atoms with E-state index < -0.39 is 0 Å². The molecule has 1 aromatic heterocycles. The van der Waals surface area contributed by atoms with Crippen molar-refractivity contribution in [2.24, 2.45) is 0 Å². The van der Waals surface area contributed by atoms with Gasteiger partial charge in [-0.2, -0.15) is 0 Å². The predicted octanol–water partition coefficient (Wildman–Crippen LogP) is 1.09. The van der Waals surface area contributed by atoms with E-state index in [4.69, 9.17) is 0 Å². The van der Waals surface area contributed by atoms with Crippen molar-refractivity contribution in [1.82, 2.24) is 9.88 Å². The maximum atomic E-state index is 11.0. The van der Waals surface area contributed by atoms with Gasteiger partial charge in [0.2, 0.25) is 0 Å². The standard InChI is InChI=1S/C8H10N2O2.C3H9N/c1-9-7-5-6(3-4-10-7)8(11)12-2;1-4(2)3/h3-5H,1-2H3,(H,9,10);1-3H3. The number of carbonyl (C=O) groups excluding carboxylic acids is 1. The molecule has 0 unspecified atom stereocenters. The number of pyridine rings is 1. The molecule has 1 rings (SSSR count). The van der Waals surface area contributed by atoms with Crippen molar-refractivity contribution in [3.8, 4) is 0 Å². The van der Waals surface area contributed by atoms with Gasteiger partial charge in [0.15, 0.2) is 0 Å². The van der Waals surface area contributed by atoms with E-state index in [0.717, 1.165) is 0 Å². The second-order valence-corrected chi connectivity index (χ2v) is 3.51. The number of methoxy groups -OCH3 is 1. The zero-order valence-electron chi connectivity index (χ0n) is 10.4. The van der Waals surface area contributed by atoms with Crippen molar-refractivity contribution in [3.63, 3.8) is 0 Å². The summed E-state index contributed by atoms with van der Waals surface area (Å²) < 4.78 is 4.54. The number of ether oxygens (including phenoxy) is 1. The number of hydrogen-bond donors (Lipinski definition) is 1. The lowest BCUT2D eigenvalue weighted by Gasteiger charge is -2.01. The van der Waals surface area contributed by atoms with Crippen LogP contribution in [0, 0.1) is 0 Å². The third kappa shape index (κ3) is 5.98. The Morgan fingerprint density at radius 2 is 2.00 bits per heavy atom. The van der Waals surface area contributed by atoms with Gasteiger partial charge in [-0.25, -0.2) is 9.78 Å². The molecule has 1 heterocycles. The topological polar surface area (TPSA) is 54.5 Å². The summed E-state index contributed by atoms with van der Waals surface area (Å²) in [5, 5.41) is 2.83. The Hall–Kier alpha value is -1.62. The van der Waals surface area contributed by atoms with E-state index in [-0.39, 0.29) is 5.97 Å². The van der Waals surface area contributed by atoms with Crippen LogP contribution in [-0.2, 0) is 4.74 Å². The predicted molar refractivity (Wildman–Crippen MR) is 64.7 cm³/mol. The molecule has 0 radical (unpaired) electrons. The van der Waals surface area contributed by atoms with Crippen LogP contribution in [-0.4, -0.2) is 51.2 Å². The number of aromatic nitrogens is 1. The third-order valence-corrected chi connectivity index (χ3v) is 1.44. The van der Waals surface area contributed by atoms with Crippen LogP contribution in [0.1, 0.15) is 10.4 Å². The van der Waals surface area contributed by atoms with Crippen LogP contribution in [0.15, 0.2) is 18.3 Å². The second-order valence-electron chi connectivity index (χ2n) is 3.51. The summed E-state index contributed by atoms with van der Waals surface area (Å²) in [6, 6.07) is 3.23. The Morgan fingerprint density at radius 3 is 2.44 bits per heavy atom. The molecule has 90 valence electrons. The van der Waals surface area contributed by atoms with Gasteiger partial charge < -0.3 is 15.0 Å². The van der Waals surface area contributed by atoms with Crippen molar-refractivity contribution in [2.75, 3.05) is 40.6 Å². The molecule has 16 heavy (non-hydrogen) atoms. The molecule has 0 aromatic carbocycles. The maximum Gasteiger partial charge on any atom is 0.338 e. The first-order chi connectivity index (χ1) is 7.51. The molecule has 0 saturated carbocycles. The summed E-state index contributed by atoms with van der Waals surface area (Å²) in [5.74, 6) is 0.298. The number of nitrogens with one attached hydrogen (secondary N) is 1. The second kappa shape index (κ2) is 7.64. The van der Waals surface area contributed by atoms with Crippen LogP contribution in [0.25, 0.3) is 0 Å². The molecule has 0 bridgehead atoms. The molecule has 1 aromatic rings. The van der Waals surface area contributed by atoms with Crippen molar-refractivity contribution in [1.29, 1.82) is 0 Å². The molecule has 0 saturated heterocycles. The van der Waals surface area contributed by atoms with Gasteiger partial charge in [-0.3, -0.25) is 0 Å². The Balaban J connectivity index is 0.000000487. The van der Waals surface area contributed by atoms with E-state index >= 15 is 0 Å². The molecule has 0 spiro atoms. The molecule has 0 fully saturated rings. The molecule has 0 amide bonds. The van der Waals surface area contributed by atoms with Crippen LogP contribution >= 0.6 is 0 Å². The Morgan fingerprint density at radius 1 is 1.44 bits per heavy atom. The maximum absolute atomic E-state index is 11.0. The fourth-order valence-electron chi connectivity index (χ4n) is 0.812. The molecule has 0 aliphatic rings. The SMILES string of the molecule is CN(C)C.CNc1cc(C(=O)OC)ccn1. The highest BCUT2D eigenvalue weighted by molar-refractivity contribution is 5.89. The molecular weight excluding hydrogens is 206 g/mol. The fourth-order valence-corrected chi connectivity index (χ4v) is 0.812. The van der Waals surface area contributed by atoms with Crippen LogP contribution in [0.3, 0.4) is 0 Å². The quantitative estimate of drug-likeness (QED) is 0.763. The van der Waals surface area contributed by atoms with E-state index in [2.05, 4.69) is 15.0 Å². The van der Waals surface area contributed by atoms with Gasteiger partial charge in [-0.05, 0) is 33.3 Å². The monoisotopic (exact) mass is 225 g/mol. The van der Waals surface area contributed by atoms with Gasteiger partial charge in [0.25, 0.3) is 0 Å². The van der Waals surface area contributed by atoms with Crippen molar-refractivity contribution in [2.45, 2.75) is 0 Å². The average molecular weight is 225 g/mol. The largest absolute Gasteiger partial charge is 0.465 e. The highest BCUT2D eigenvalue weighted by atomic mass is 16.5. The molecular formula is C11H19N3O2. The molecule has 5 heteroatoms. The third-order valence-electron chi connectivity index (χ3n) is 1.44. The van der Waals surface area contributed by atoms with Crippen LogP contribution in [0.2, 0.25) is 0 Å². The summed E-state index contributed by atoms with van der Waals surface area (Å²) in [6.07, 6.45) is 1.55. The molecule has 1 N–H and O–H groups in total. The number of nitrogens with zero attached hydrogens (tertiary/aromatic N) is 2. The van der Waals surface area contributed by atoms with Crippen molar-refractivity contribution < 1.29 is 9.53 Å². The van der Waals surface area contributed by atoms with E-state index in [0.29, 0.717) is 11.4 Å². The summed E-state index contributed by atoms with van der Waals surface area (Å²) in [5.41, 5.74) is 0.497. The van der Waals surface area contributed by atoms with Crippen LogP contribution < -0.4 is 5.32 Å². The first-order valence-corrected chi connectivity index (χ1v) is 4.84. The van der Waals surface area contributed by atoms with Gasteiger partial charge >= 0.3 is 5.97 Å². The fraction of sp³-hybridized carbons (Fsp3) is 0.455. The number of rotatable bonds is 2. The lowest BCUT2D eigenvalue weighted by molar-refractivity contribution is 0.0600. The minimum Gasteiger partial charge on any atom is -0.465 e. The zero-order valence-corrected chi connectivity index (χ0v) is 10.4. The molecule has 0 aliphatic heterocycles. The van der Waals surface area contributed by atoms with E-state index in [1.807, 2.05) is 26.0 Å². The number of esters is 1. The molecule has 0 aliphatic carbocycles. The van der Waals surface area contributed by atoms with E-state index in [1.54, 1.807) is 25.4 Å². The lowest BCUT2D eigenvalue weighted by atomic mass is 10.2. The summed E-state index contributed by atoms with van der Waals surface area (Å²) in [4.78, 5) is 17.0. The smallest absolute Gasteiger partial charge is 0.338 e. The highest BCUT2D eigenvalue weighted by Crippen LogP contribution is 2.06. The minimum atomic E-state index is -0.353. The normalized spacial score (nSPS) is 9.12. The van der Waals surface area contributed by atoms with Crippen LogP contribution in [0.4, 0.5) is 5.82 Å². The van der Waals surface area contributed by atoms with Gasteiger partial charge in [0, 0.05) is 13.2 Å². The molecule has 5 nitrogen and oxygen atoms in total. The van der Waals surface area contributed by atoms with E-state index in [1.165, 1.54) is 7.11 Å². The Kier molecular flexibility index (Phi) is 6.87. The summed E-state index contributed by atoms with van der Waals surface area (Å²) in [7, 11) is 9.09. The highest BCUT2D eigenvalue weighted by Gasteiger charge is 2.04. The van der Waals surface area contributed by atoms with Gasteiger partial charge in [0.1, 0.15) is 5.82 Å². The average Bonchev–Trinajstić information content (AvgIpc) is 2.27. The number of carbonyl (C=O) groups is 1. The number of hydrogen-bond acceptors (Lipinski definition) is 5. The summed E-state index contributed by atoms with van der Waals surface area (Å²) >= 11 is 0. The Bertz CT molecular complexity index is 324. The van der Waals surface area contributed by atoms with Gasteiger partial charge in [-0.1, -0.05) is 0 Å². The Labute approximate surface area is 96.4 Å². The minimum absolute atomic E-state index is 0.353. The van der Waals surface area contributed by atoms with Crippen molar-refractivity contribution in [3.05, 3.63) is 23.9 Å². The van der Waals surface area contributed by atoms with Gasteiger partial charge in [0.05, 0.1) is 12.7 Å². The van der Waals surface area contributed by atoms with E-state index in [9.17, 15) is 4.79 Å². The lowest BCUT2D eigenvalue weighted by Crippen LogP contribution is -2.02. The number of anilines is 1. The van der Waals surface area contributed by atoms with Gasteiger partial charge in [-0.15, -0.1) is 0 Å². The first kappa shape index (κ1) is 14.4. The van der Waals surface area contributed by atoms with Crippen molar-refractivity contribution >= 4 is 11.8 Å². The summed E-state index contributed by atoms with van der Waals surface area (Å²) in [6.45, 7) is 0. The first-order valence-electron chi connectivity index (χ1n) is 4.84.